The van der Waals surface area contributed by atoms with Crippen LogP contribution in [0.4, 0.5) is 10.2 Å². The molecule has 5 heterocycles. The zero-order valence-electron chi connectivity index (χ0n) is 27.7. The minimum atomic E-state index is -1.15. The number of aromatic nitrogens is 5. The molecule has 11 nitrogen and oxygen atoms in total. The first kappa shape index (κ1) is 30.7. The summed E-state index contributed by atoms with van der Waals surface area (Å²) in [6, 6.07) is 2.64. The van der Waals surface area contributed by atoms with Gasteiger partial charge in [0.15, 0.2) is 5.82 Å². The molecule has 12 heteroatoms. The smallest absolute Gasteiger partial charge is 0.319 e. The summed E-state index contributed by atoms with van der Waals surface area (Å²) in [7, 11) is 3.74. The Morgan fingerprint density at radius 2 is 1.98 bits per heavy atom. The summed E-state index contributed by atoms with van der Waals surface area (Å²) in [6.45, 7) is 6.55. The van der Waals surface area contributed by atoms with Crippen molar-refractivity contribution in [3.05, 3.63) is 29.2 Å². The largest absolute Gasteiger partial charge is 0.480 e. The molecule has 2 saturated carbocycles. The molecule has 2 saturated heterocycles. The van der Waals surface area contributed by atoms with Gasteiger partial charge in [0.25, 0.3) is 0 Å². The van der Waals surface area contributed by atoms with Crippen molar-refractivity contribution in [2.45, 2.75) is 76.4 Å². The van der Waals surface area contributed by atoms with Crippen molar-refractivity contribution < 1.29 is 23.7 Å². The highest BCUT2D eigenvalue weighted by Crippen LogP contribution is 2.50. The van der Waals surface area contributed by atoms with E-state index in [1.165, 1.54) is 7.11 Å². The van der Waals surface area contributed by atoms with Gasteiger partial charge in [-0.2, -0.15) is 15.1 Å². The number of methoxy groups -OCH3 is 1. The molecule has 3 atom stereocenters. The van der Waals surface area contributed by atoms with E-state index in [2.05, 4.69) is 35.1 Å². The lowest BCUT2D eigenvalue weighted by Gasteiger charge is -2.44. The lowest BCUT2D eigenvalue weighted by atomic mass is 9.76. The maximum atomic E-state index is 17.3. The van der Waals surface area contributed by atoms with E-state index in [-0.39, 0.29) is 41.7 Å². The predicted octanol–water partition coefficient (Wildman–Crippen LogP) is 5.13. The van der Waals surface area contributed by atoms with E-state index in [0.717, 1.165) is 79.1 Å². The predicted molar refractivity (Wildman–Crippen MR) is 177 cm³/mol. The van der Waals surface area contributed by atoms with Gasteiger partial charge in [0.2, 0.25) is 5.88 Å². The second kappa shape index (κ2) is 11.5. The number of fused-ring (bicyclic) bond motifs is 3. The van der Waals surface area contributed by atoms with Crippen LogP contribution >= 0.6 is 0 Å². The van der Waals surface area contributed by atoms with Crippen LogP contribution in [0, 0.1) is 18.2 Å². The second-order valence-corrected chi connectivity index (χ2v) is 14.5. The molecule has 0 radical (unpaired) electrons. The average molecular weight is 646 g/mol. The van der Waals surface area contributed by atoms with Gasteiger partial charge in [0.1, 0.15) is 28.0 Å². The van der Waals surface area contributed by atoms with Crippen LogP contribution in [0.25, 0.3) is 33.1 Å². The van der Waals surface area contributed by atoms with Gasteiger partial charge in [-0.1, -0.05) is 6.42 Å². The van der Waals surface area contributed by atoms with Crippen LogP contribution < -0.4 is 14.4 Å². The van der Waals surface area contributed by atoms with Crippen molar-refractivity contribution >= 4 is 27.6 Å². The number of aliphatic hydroxyl groups is 1. The monoisotopic (exact) mass is 645 g/mol. The summed E-state index contributed by atoms with van der Waals surface area (Å²) in [5.41, 5.74) is 2.83. The maximum absolute atomic E-state index is 17.3. The van der Waals surface area contributed by atoms with Gasteiger partial charge in [0, 0.05) is 29.0 Å². The van der Waals surface area contributed by atoms with Gasteiger partial charge < -0.3 is 29.1 Å². The van der Waals surface area contributed by atoms with E-state index in [1.54, 1.807) is 13.1 Å². The standard InChI is InChI=1S/C35H44FN7O4/c1-20-15-23-22(16-37-41-23)26(25(20)21-8-9-21)29-28(36)30-27(32(38-29)45-4)31(43-13-14-46-18-34(2,44)17-43)40-33(39-30)47-19-35-10-5-7-24(35)42(3)12-6-11-35/h15-16,21,24,44H,5-14,17-19H2,1-4H3,(H,37,41)/t24-,34+,35-/m1/s1. The number of likely N-dealkylation sites (tertiary alicyclic amines) is 1. The summed E-state index contributed by atoms with van der Waals surface area (Å²) in [5, 5.41) is 19.6. The molecule has 3 aromatic heterocycles. The minimum absolute atomic E-state index is 0.0128. The lowest BCUT2D eigenvalue weighted by molar-refractivity contribution is -0.0123. The van der Waals surface area contributed by atoms with Gasteiger partial charge in [0.05, 0.1) is 45.2 Å². The highest BCUT2D eigenvalue weighted by molar-refractivity contribution is 6.01. The molecule has 0 bridgehead atoms. The Kier molecular flexibility index (Phi) is 7.53. The van der Waals surface area contributed by atoms with Gasteiger partial charge in [-0.25, -0.2) is 9.37 Å². The minimum Gasteiger partial charge on any atom is -0.480 e. The van der Waals surface area contributed by atoms with E-state index in [1.807, 2.05) is 4.90 Å². The molecule has 0 unspecified atom stereocenters. The van der Waals surface area contributed by atoms with Crippen molar-refractivity contribution in [3.8, 4) is 23.1 Å². The number of nitrogens with one attached hydrogen (secondary N) is 1. The Hall–Kier alpha value is -3.61. The first-order valence-corrected chi connectivity index (χ1v) is 17.0. The van der Waals surface area contributed by atoms with Gasteiger partial charge >= 0.3 is 6.01 Å². The third kappa shape index (κ3) is 5.28. The molecule has 4 aromatic rings. The Bertz CT molecular complexity index is 1840. The van der Waals surface area contributed by atoms with Crippen molar-refractivity contribution in [2.24, 2.45) is 5.41 Å². The van der Waals surface area contributed by atoms with E-state index in [9.17, 15) is 5.11 Å². The molecule has 2 N–H and O–H groups in total. The first-order chi connectivity index (χ1) is 22.7. The Morgan fingerprint density at radius 3 is 2.79 bits per heavy atom. The number of H-pyrrole nitrogens is 1. The number of pyridine rings is 1. The van der Waals surface area contributed by atoms with Crippen LogP contribution in [0.1, 0.15) is 68.9 Å². The SMILES string of the molecule is COc1nc(-c2c(C3CC3)c(C)cc3[nH]ncc23)c(F)c2nc(OC[C@]34CCC[C@H]3N(C)CCC4)nc(N3CCOC[C@@](C)(O)C3)c12. The molecule has 2 aliphatic heterocycles. The molecule has 250 valence electrons. The fourth-order valence-electron chi connectivity index (χ4n) is 8.67. The molecular formula is C35H44FN7O4. The van der Waals surface area contributed by atoms with Crippen LogP contribution in [-0.4, -0.2) is 100 Å². The Labute approximate surface area is 273 Å². The summed E-state index contributed by atoms with van der Waals surface area (Å²) in [4.78, 5) is 18.9. The van der Waals surface area contributed by atoms with Crippen LogP contribution in [0.2, 0.25) is 0 Å². The molecular weight excluding hydrogens is 601 g/mol. The lowest BCUT2D eigenvalue weighted by Crippen LogP contribution is -2.50. The van der Waals surface area contributed by atoms with E-state index < -0.39 is 11.4 Å². The van der Waals surface area contributed by atoms with Gasteiger partial charge in [-0.15, -0.1) is 0 Å². The third-order valence-electron chi connectivity index (χ3n) is 10.9. The number of nitrogens with zero attached hydrogens (tertiary/aromatic N) is 6. The summed E-state index contributed by atoms with van der Waals surface area (Å²) < 4.78 is 35.5. The summed E-state index contributed by atoms with van der Waals surface area (Å²) in [6.07, 6.45) is 9.43. The van der Waals surface area contributed by atoms with Crippen LogP contribution in [0.15, 0.2) is 12.3 Å². The fourth-order valence-corrected chi connectivity index (χ4v) is 8.67. The average Bonchev–Trinajstić information content (AvgIpc) is 3.67. The Balaban J connectivity index is 1.32. The molecule has 47 heavy (non-hydrogen) atoms. The summed E-state index contributed by atoms with van der Waals surface area (Å²) in [5.74, 6) is 0.396. The topological polar surface area (TPSA) is 122 Å². The highest BCUT2D eigenvalue weighted by atomic mass is 19.1. The zero-order valence-corrected chi connectivity index (χ0v) is 27.7. The summed E-state index contributed by atoms with van der Waals surface area (Å²) >= 11 is 0. The number of hydrogen-bond acceptors (Lipinski definition) is 10. The molecule has 2 aliphatic carbocycles. The number of halogens is 1. The van der Waals surface area contributed by atoms with Crippen molar-refractivity contribution in [1.82, 2.24) is 30.0 Å². The second-order valence-electron chi connectivity index (χ2n) is 14.5. The number of β-amino-alcohol motifs (C(OH)–C–C–N with tert-alkyl or cyclic N) is 1. The highest BCUT2D eigenvalue weighted by Gasteiger charge is 2.47. The third-order valence-corrected chi connectivity index (χ3v) is 10.9. The van der Waals surface area contributed by atoms with Crippen LogP contribution in [-0.2, 0) is 4.74 Å². The van der Waals surface area contributed by atoms with E-state index in [0.29, 0.717) is 42.9 Å². The van der Waals surface area contributed by atoms with Gasteiger partial charge in [-0.3, -0.25) is 5.10 Å². The van der Waals surface area contributed by atoms with Crippen molar-refractivity contribution in [1.29, 1.82) is 0 Å². The molecule has 8 rings (SSSR count). The number of rotatable bonds is 7. The molecule has 0 amide bonds. The van der Waals surface area contributed by atoms with Crippen molar-refractivity contribution in [2.75, 3.05) is 58.5 Å². The van der Waals surface area contributed by atoms with Crippen molar-refractivity contribution in [3.63, 3.8) is 0 Å². The fraction of sp³-hybridized carbons (Fsp3) is 0.600. The molecule has 4 aliphatic rings. The number of aromatic amines is 1. The van der Waals surface area contributed by atoms with Crippen LogP contribution in [0.3, 0.4) is 0 Å². The van der Waals surface area contributed by atoms with Gasteiger partial charge in [-0.05, 0) is 89.1 Å². The quantitative estimate of drug-likeness (QED) is 0.280. The molecule has 1 aromatic carbocycles. The molecule has 4 fully saturated rings. The Morgan fingerprint density at radius 1 is 1.15 bits per heavy atom. The maximum Gasteiger partial charge on any atom is 0.319 e. The number of benzene rings is 1. The number of hydrogen-bond donors (Lipinski definition) is 2. The molecule has 0 spiro atoms. The van der Waals surface area contributed by atoms with Crippen LogP contribution in [0.5, 0.6) is 11.9 Å². The number of aryl methyl sites for hydroxylation is 1. The zero-order chi connectivity index (χ0) is 32.5. The number of ether oxygens (including phenoxy) is 3. The normalized spacial score (nSPS) is 26.9. The number of piperidine rings is 1. The first-order valence-electron chi connectivity index (χ1n) is 17.0. The number of anilines is 1. The van der Waals surface area contributed by atoms with E-state index in [4.69, 9.17) is 29.2 Å². The van der Waals surface area contributed by atoms with E-state index >= 15 is 4.39 Å².